The Bertz CT molecular complexity index is 325. The maximum Gasteiger partial charge on any atom is 0.128 e. The van der Waals surface area contributed by atoms with Crippen molar-refractivity contribution in [3.63, 3.8) is 0 Å². The Hall–Kier alpha value is -0.930. The third-order valence-corrected chi connectivity index (χ3v) is 2.77. The summed E-state index contributed by atoms with van der Waals surface area (Å²) in [6.45, 7) is 2.95. The zero-order valence-electron chi connectivity index (χ0n) is 9.42. The normalized spacial score (nSPS) is 15.3. The van der Waals surface area contributed by atoms with Crippen LogP contribution < -0.4 is 5.32 Å². The van der Waals surface area contributed by atoms with Crippen LogP contribution in [0.15, 0.2) is 24.3 Å². The Morgan fingerprint density at radius 1 is 1.31 bits per heavy atom. The molecule has 0 heterocycles. The molecule has 3 heteroatoms. The maximum atomic E-state index is 13.2. The van der Waals surface area contributed by atoms with E-state index in [1.54, 1.807) is 12.1 Å². The van der Waals surface area contributed by atoms with Crippen LogP contribution in [0, 0.1) is 11.7 Å². The fourth-order valence-electron chi connectivity index (χ4n) is 1.57. The summed E-state index contributed by atoms with van der Waals surface area (Å²) in [4.78, 5) is 0. The summed E-state index contributed by atoms with van der Waals surface area (Å²) < 4.78 is 18.6. The first-order chi connectivity index (χ1) is 7.86. The Labute approximate surface area is 95.8 Å². The van der Waals surface area contributed by atoms with Gasteiger partial charge >= 0.3 is 0 Å². The molecule has 0 bridgehead atoms. The van der Waals surface area contributed by atoms with Gasteiger partial charge in [-0.2, -0.15) is 0 Å². The van der Waals surface area contributed by atoms with Crippen molar-refractivity contribution in [3.05, 3.63) is 35.6 Å². The van der Waals surface area contributed by atoms with E-state index in [1.807, 2.05) is 6.07 Å². The molecule has 1 aliphatic carbocycles. The van der Waals surface area contributed by atoms with E-state index in [0.29, 0.717) is 18.8 Å². The zero-order chi connectivity index (χ0) is 11.2. The van der Waals surface area contributed by atoms with Gasteiger partial charge in [-0.3, -0.25) is 0 Å². The number of halogens is 1. The van der Waals surface area contributed by atoms with Crippen molar-refractivity contribution in [1.82, 2.24) is 5.32 Å². The van der Waals surface area contributed by atoms with Gasteiger partial charge in [-0.05, 0) is 31.4 Å². The van der Waals surface area contributed by atoms with Crippen LogP contribution in [-0.2, 0) is 11.3 Å². The molecule has 1 N–H and O–H groups in total. The molecular weight excluding hydrogens is 205 g/mol. The van der Waals surface area contributed by atoms with Crippen molar-refractivity contribution in [2.24, 2.45) is 5.92 Å². The molecule has 88 valence electrons. The van der Waals surface area contributed by atoms with Gasteiger partial charge in [0, 0.05) is 12.1 Å². The molecule has 0 aliphatic heterocycles. The number of benzene rings is 1. The predicted octanol–water partition coefficient (Wildman–Crippen LogP) is 2.34. The van der Waals surface area contributed by atoms with Crippen LogP contribution in [0.4, 0.5) is 4.39 Å². The van der Waals surface area contributed by atoms with Crippen LogP contribution in [0.3, 0.4) is 0 Å². The molecule has 2 rings (SSSR count). The van der Waals surface area contributed by atoms with Crippen molar-refractivity contribution in [3.8, 4) is 0 Å². The van der Waals surface area contributed by atoms with E-state index < -0.39 is 0 Å². The Balaban J connectivity index is 1.55. The Morgan fingerprint density at radius 2 is 2.12 bits per heavy atom. The average Bonchev–Trinajstić information content (AvgIpc) is 3.09. The number of ether oxygens (including phenoxy) is 1. The highest BCUT2D eigenvalue weighted by atomic mass is 19.1. The lowest BCUT2D eigenvalue weighted by molar-refractivity contribution is 0.120. The second-order valence-electron chi connectivity index (χ2n) is 4.29. The highest BCUT2D eigenvalue weighted by molar-refractivity contribution is 5.16. The lowest BCUT2D eigenvalue weighted by atomic mass is 10.2. The van der Waals surface area contributed by atoms with Crippen LogP contribution in [0.5, 0.6) is 0 Å². The molecule has 0 unspecified atom stereocenters. The van der Waals surface area contributed by atoms with E-state index >= 15 is 0 Å². The van der Waals surface area contributed by atoms with Crippen LogP contribution in [0.25, 0.3) is 0 Å². The van der Waals surface area contributed by atoms with Crippen LogP contribution in [0.1, 0.15) is 18.4 Å². The van der Waals surface area contributed by atoms with Gasteiger partial charge < -0.3 is 10.1 Å². The summed E-state index contributed by atoms with van der Waals surface area (Å²) in [5, 5.41) is 3.33. The fourth-order valence-corrected chi connectivity index (χ4v) is 1.57. The second kappa shape index (κ2) is 5.97. The molecule has 0 spiro atoms. The molecule has 16 heavy (non-hydrogen) atoms. The minimum absolute atomic E-state index is 0.187. The van der Waals surface area contributed by atoms with Crippen molar-refractivity contribution in [2.75, 3.05) is 19.7 Å². The first kappa shape index (κ1) is 11.6. The highest BCUT2D eigenvalue weighted by Gasteiger charge is 2.19. The molecule has 0 atom stereocenters. The largest absolute Gasteiger partial charge is 0.375 e. The topological polar surface area (TPSA) is 21.3 Å². The first-order valence-electron chi connectivity index (χ1n) is 5.88. The summed E-state index contributed by atoms with van der Waals surface area (Å²) in [6.07, 6.45) is 2.73. The molecule has 0 saturated heterocycles. The van der Waals surface area contributed by atoms with Crippen LogP contribution in [-0.4, -0.2) is 19.7 Å². The van der Waals surface area contributed by atoms with Crippen molar-refractivity contribution >= 4 is 0 Å². The van der Waals surface area contributed by atoms with E-state index in [-0.39, 0.29) is 5.82 Å². The quantitative estimate of drug-likeness (QED) is 0.716. The molecular formula is C13H18FNO. The molecule has 0 radical (unpaired) electrons. The third kappa shape index (κ3) is 3.91. The minimum atomic E-state index is -0.187. The lowest BCUT2D eigenvalue weighted by Crippen LogP contribution is -2.21. The molecule has 1 saturated carbocycles. The first-order valence-corrected chi connectivity index (χ1v) is 5.88. The Morgan fingerprint density at radius 3 is 2.88 bits per heavy atom. The smallest absolute Gasteiger partial charge is 0.128 e. The maximum absolute atomic E-state index is 13.2. The minimum Gasteiger partial charge on any atom is -0.375 e. The highest BCUT2D eigenvalue weighted by Crippen LogP contribution is 2.27. The molecule has 1 aliphatic rings. The summed E-state index contributed by atoms with van der Waals surface area (Å²) in [5.74, 6) is 0.708. The molecule has 0 amide bonds. The summed E-state index contributed by atoms with van der Waals surface area (Å²) in [5.41, 5.74) is 0.629. The van der Waals surface area contributed by atoms with Gasteiger partial charge in [-0.15, -0.1) is 0 Å². The number of nitrogens with one attached hydrogen (secondary N) is 1. The van der Waals surface area contributed by atoms with Crippen molar-refractivity contribution in [1.29, 1.82) is 0 Å². The monoisotopic (exact) mass is 223 g/mol. The van der Waals surface area contributed by atoms with Gasteiger partial charge in [0.05, 0.1) is 13.2 Å². The number of hydrogen-bond acceptors (Lipinski definition) is 2. The van der Waals surface area contributed by atoms with Crippen molar-refractivity contribution < 1.29 is 9.13 Å². The van der Waals surface area contributed by atoms with Crippen LogP contribution >= 0.6 is 0 Å². The lowest BCUT2D eigenvalue weighted by Gasteiger charge is -2.06. The fraction of sp³-hybridized carbons (Fsp3) is 0.538. The molecule has 1 aromatic carbocycles. The van der Waals surface area contributed by atoms with E-state index in [4.69, 9.17) is 4.74 Å². The van der Waals surface area contributed by atoms with Gasteiger partial charge in [0.15, 0.2) is 0 Å². The summed E-state index contributed by atoms with van der Waals surface area (Å²) in [7, 11) is 0. The van der Waals surface area contributed by atoms with E-state index in [2.05, 4.69) is 5.32 Å². The molecule has 2 nitrogen and oxygen atoms in total. The number of hydrogen-bond donors (Lipinski definition) is 1. The predicted molar refractivity (Wildman–Crippen MR) is 61.6 cm³/mol. The van der Waals surface area contributed by atoms with E-state index in [1.165, 1.54) is 18.9 Å². The second-order valence-corrected chi connectivity index (χ2v) is 4.29. The number of rotatable bonds is 7. The van der Waals surface area contributed by atoms with Gasteiger partial charge in [0.2, 0.25) is 0 Å². The summed E-state index contributed by atoms with van der Waals surface area (Å²) in [6, 6.07) is 6.74. The zero-order valence-corrected chi connectivity index (χ0v) is 9.42. The van der Waals surface area contributed by atoms with Gasteiger partial charge in [-0.25, -0.2) is 4.39 Å². The Kier molecular flexibility index (Phi) is 4.31. The van der Waals surface area contributed by atoms with Gasteiger partial charge in [-0.1, -0.05) is 18.2 Å². The summed E-state index contributed by atoms with van der Waals surface area (Å²) >= 11 is 0. The van der Waals surface area contributed by atoms with E-state index in [0.717, 1.165) is 19.0 Å². The van der Waals surface area contributed by atoms with Gasteiger partial charge in [0.1, 0.15) is 5.82 Å². The molecule has 1 aromatic rings. The van der Waals surface area contributed by atoms with E-state index in [9.17, 15) is 4.39 Å². The third-order valence-electron chi connectivity index (χ3n) is 2.77. The molecule has 1 fully saturated rings. The van der Waals surface area contributed by atoms with Crippen LogP contribution in [0.2, 0.25) is 0 Å². The van der Waals surface area contributed by atoms with Crippen molar-refractivity contribution in [2.45, 2.75) is 19.4 Å². The van der Waals surface area contributed by atoms with Gasteiger partial charge in [0.25, 0.3) is 0 Å². The SMILES string of the molecule is Fc1ccccc1COCCNCC1CC1. The molecule has 0 aromatic heterocycles. The average molecular weight is 223 g/mol. The standard InChI is InChI=1S/C13H18FNO/c14-13-4-2-1-3-12(13)10-16-8-7-15-9-11-5-6-11/h1-4,11,15H,5-10H2.